The van der Waals surface area contributed by atoms with Crippen molar-refractivity contribution in [2.24, 2.45) is 0 Å². The predicted molar refractivity (Wildman–Crippen MR) is 107 cm³/mol. The van der Waals surface area contributed by atoms with E-state index in [-0.39, 0.29) is 34.0 Å². The first-order chi connectivity index (χ1) is 12.0. The number of ether oxygens (including phenoxy) is 1. The number of rotatable bonds is 3. The Morgan fingerprint density at radius 1 is 1.31 bits per heavy atom. The summed E-state index contributed by atoms with van der Waals surface area (Å²) in [7, 11) is 0. The van der Waals surface area contributed by atoms with E-state index < -0.39 is 5.60 Å². The van der Waals surface area contributed by atoms with Gasteiger partial charge >= 0.3 is 6.09 Å². The zero-order valence-electron chi connectivity index (χ0n) is 15.6. The molecule has 6 nitrogen and oxygen atoms in total. The van der Waals surface area contributed by atoms with Gasteiger partial charge in [-0.05, 0) is 40.4 Å². The molecule has 0 aliphatic carbocycles. The van der Waals surface area contributed by atoms with Crippen molar-refractivity contribution >= 4 is 47.0 Å². The molecule has 26 heavy (non-hydrogen) atoms. The molecular formula is C17H25Cl2N3O3S. The van der Waals surface area contributed by atoms with Gasteiger partial charge in [-0.2, -0.15) is 11.8 Å². The van der Waals surface area contributed by atoms with Crippen LogP contribution in [0.2, 0.25) is 10.0 Å². The average molecular weight is 422 g/mol. The highest BCUT2D eigenvalue weighted by Crippen LogP contribution is 2.30. The van der Waals surface area contributed by atoms with Crippen LogP contribution in [0.5, 0.6) is 0 Å². The van der Waals surface area contributed by atoms with E-state index in [1.54, 1.807) is 23.6 Å². The standard InChI is InChI=1S/C17H25Cl2N3O3S/c1-9-12(18)13(19)14(20-9)15(23)21-10-6-7-22(8-11(10)26-5)16(24)25-17(2,3)4/h10-11,20H,6-8H2,1-5H3,(H,21,23)/t10-,11+/m1/s1. The summed E-state index contributed by atoms with van der Waals surface area (Å²) in [6.07, 6.45) is 2.28. The van der Waals surface area contributed by atoms with Gasteiger partial charge < -0.3 is 19.9 Å². The molecule has 0 unspecified atom stereocenters. The van der Waals surface area contributed by atoms with E-state index in [1.807, 2.05) is 27.0 Å². The highest BCUT2D eigenvalue weighted by Gasteiger charge is 2.34. The van der Waals surface area contributed by atoms with E-state index >= 15 is 0 Å². The van der Waals surface area contributed by atoms with Crippen LogP contribution in [0.1, 0.15) is 43.4 Å². The summed E-state index contributed by atoms with van der Waals surface area (Å²) in [6.45, 7) is 8.33. The molecule has 1 fully saturated rings. The Morgan fingerprint density at radius 3 is 2.46 bits per heavy atom. The molecule has 2 atom stereocenters. The number of likely N-dealkylation sites (tertiary alicyclic amines) is 1. The number of hydrogen-bond acceptors (Lipinski definition) is 4. The molecule has 1 saturated heterocycles. The van der Waals surface area contributed by atoms with Crippen molar-refractivity contribution in [3.63, 3.8) is 0 Å². The molecule has 2 heterocycles. The minimum absolute atomic E-state index is 0.0607. The van der Waals surface area contributed by atoms with Crippen LogP contribution in [0, 0.1) is 6.92 Å². The Kier molecular flexibility index (Phi) is 6.80. The number of aromatic amines is 1. The van der Waals surface area contributed by atoms with E-state index in [0.717, 1.165) is 0 Å². The first kappa shape index (κ1) is 21.3. The molecule has 0 aromatic carbocycles. The smallest absolute Gasteiger partial charge is 0.410 e. The van der Waals surface area contributed by atoms with E-state index in [9.17, 15) is 9.59 Å². The lowest BCUT2D eigenvalue weighted by molar-refractivity contribution is 0.0205. The highest BCUT2D eigenvalue weighted by atomic mass is 35.5. The van der Waals surface area contributed by atoms with E-state index in [0.29, 0.717) is 30.2 Å². The van der Waals surface area contributed by atoms with Crippen LogP contribution in [0.3, 0.4) is 0 Å². The summed E-state index contributed by atoms with van der Waals surface area (Å²) in [5, 5.41) is 3.66. The normalized spacial score (nSPS) is 20.8. The lowest BCUT2D eigenvalue weighted by atomic mass is 10.0. The molecule has 146 valence electrons. The molecule has 1 aromatic rings. The van der Waals surface area contributed by atoms with Gasteiger partial charge in [-0.3, -0.25) is 4.79 Å². The zero-order chi connectivity index (χ0) is 19.6. The number of aromatic nitrogens is 1. The van der Waals surface area contributed by atoms with Gasteiger partial charge in [-0.1, -0.05) is 23.2 Å². The van der Waals surface area contributed by atoms with E-state index in [1.165, 1.54) is 0 Å². The second-order valence-electron chi connectivity index (χ2n) is 7.32. The monoisotopic (exact) mass is 421 g/mol. The third-order valence-corrected chi connectivity index (χ3v) is 6.14. The van der Waals surface area contributed by atoms with Crippen LogP contribution < -0.4 is 5.32 Å². The second kappa shape index (κ2) is 8.31. The van der Waals surface area contributed by atoms with Gasteiger partial charge in [-0.15, -0.1) is 0 Å². The molecule has 2 rings (SSSR count). The minimum Gasteiger partial charge on any atom is -0.444 e. The van der Waals surface area contributed by atoms with Gasteiger partial charge in [-0.25, -0.2) is 4.79 Å². The van der Waals surface area contributed by atoms with Crippen molar-refractivity contribution in [3.8, 4) is 0 Å². The molecule has 1 aromatic heterocycles. The molecular weight excluding hydrogens is 397 g/mol. The van der Waals surface area contributed by atoms with Crippen LogP contribution in [0.25, 0.3) is 0 Å². The largest absolute Gasteiger partial charge is 0.444 e. The van der Waals surface area contributed by atoms with Crippen LogP contribution in [-0.4, -0.2) is 58.1 Å². The fraction of sp³-hybridized carbons (Fsp3) is 0.647. The Hall–Kier alpha value is -1.05. The molecule has 0 spiro atoms. The first-order valence-electron chi connectivity index (χ1n) is 8.38. The predicted octanol–water partition coefficient (Wildman–Crippen LogP) is 4.10. The zero-order valence-corrected chi connectivity index (χ0v) is 17.9. The van der Waals surface area contributed by atoms with Gasteiger partial charge in [0, 0.05) is 30.1 Å². The molecule has 0 saturated carbocycles. The average Bonchev–Trinajstić information content (AvgIpc) is 2.81. The van der Waals surface area contributed by atoms with E-state index in [2.05, 4.69) is 10.3 Å². The third kappa shape index (κ3) is 5.02. The molecule has 9 heteroatoms. The summed E-state index contributed by atoms with van der Waals surface area (Å²) in [5.41, 5.74) is 0.393. The Bertz CT molecular complexity index is 688. The number of thioether (sulfide) groups is 1. The van der Waals surface area contributed by atoms with Crippen molar-refractivity contribution in [1.29, 1.82) is 0 Å². The van der Waals surface area contributed by atoms with Crippen molar-refractivity contribution in [3.05, 3.63) is 21.4 Å². The summed E-state index contributed by atoms with van der Waals surface area (Å²) in [4.78, 5) is 29.5. The molecule has 0 bridgehead atoms. The number of nitrogens with one attached hydrogen (secondary N) is 2. The molecule has 2 N–H and O–H groups in total. The topological polar surface area (TPSA) is 74.4 Å². The molecule has 1 aliphatic heterocycles. The third-order valence-electron chi connectivity index (χ3n) is 4.11. The quantitative estimate of drug-likeness (QED) is 0.769. The maximum absolute atomic E-state index is 12.6. The summed E-state index contributed by atoms with van der Waals surface area (Å²) < 4.78 is 5.44. The van der Waals surface area contributed by atoms with Crippen molar-refractivity contribution in [1.82, 2.24) is 15.2 Å². The van der Waals surface area contributed by atoms with Gasteiger partial charge in [0.25, 0.3) is 5.91 Å². The second-order valence-corrected chi connectivity index (χ2v) is 9.15. The van der Waals surface area contributed by atoms with Gasteiger partial charge in [0.05, 0.1) is 10.0 Å². The van der Waals surface area contributed by atoms with Gasteiger partial charge in [0.2, 0.25) is 0 Å². The van der Waals surface area contributed by atoms with Crippen LogP contribution in [-0.2, 0) is 4.74 Å². The fourth-order valence-corrected chi connectivity index (χ4v) is 4.06. The molecule has 1 aliphatic rings. The SMILES string of the molecule is CS[C@H]1CN(C(=O)OC(C)(C)C)CC[C@H]1NC(=O)c1[nH]c(C)c(Cl)c1Cl. The van der Waals surface area contributed by atoms with Crippen LogP contribution in [0.4, 0.5) is 4.79 Å². The summed E-state index contributed by atoms with van der Waals surface area (Å²) in [5.74, 6) is -0.292. The van der Waals surface area contributed by atoms with Gasteiger partial charge in [0.1, 0.15) is 11.3 Å². The number of amides is 2. The number of piperidine rings is 1. The Labute approximate surface area is 168 Å². The number of carbonyl (C=O) groups excluding carboxylic acids is 2. The van der Waals surface area contributed by atoms with Crippen molar-refractivity contribution in [2.75, 3.05) is 19.3 Å². The van der Waals surface area contributed by atoms with Crippen LogP contribution in [0.15, 0.2) is 0 Å². The Morgan fingerprint density at radius 2 is 1.96 bits per heavy atom. The van der Waals surface area contributed by atoms with Crippen molar-refractivity contribution < 1.29 is 14.3 Å². The number of H-pyrrole nitrogens is 1. The maximum Gasteiger partial charge on any atom is 0.410 e. The number of carbonyl (C=O) groups is 2. The van der Waals surface area contributed by atoms with Crippen molar-refractivity contribution in [2.45, 2.75) is 51.0 Å². The molecule has 0 radical (unpaired) electrons. The number of nitrogens with zero attached hydrogens (tertiary/aromatic N) is 1. The van der Waals surface area contributed by atoms with Gasteiger partial charge in [0.15, 0.2) is 0 Å². The number of halogens is 2. The Balaban J connectivity index is 2.02. The van der Waals surface area contributed by atoms with Crippen LogP contribution >= 0.6 is 35.0 Å². The number of aryl methyl sites for hydroxylation is 1. The lowest BCUT2D eigenvalue weighted by Gasteiger charge is -2.38. The highest BCUT2D eigenvalue weighted by molar-refractivity contribution is 7.99. The summed E-state index contributed by atoms with van der Waals surface area (Å²) in [6, 6.07) is -0.0744. The minimum atomic E-state index is -0.529. The molecule has 2 amide bonds. The maximum atomic E-state index is 12.6. The van der Waals surface area contributed by atoms with E-state index in [4.69, 9.17) is 27.9 Å². The fourth-order valence-electron chi connectivity index (χ4n) is 2.78. The first-order valence-corrected chi connectivity index (χ1v) is 10.4. The number of hydrogen-bond donors (Lipinski definition) is 2. The summed E-state index contributed by atoms with van der Waals surface area (Å²) >= 11 is 13.8. The lowest BCUT2D eigenvalue weighted by Crippen LogP contribution is -2.54.